The highest BCUT2D eigenvalue weighted by Crippen LogP contribution is 2.31. The Morgan fingerprint density at radius 2 is 2.30 bits per heavy atom. The molecule has 0 fully saturated rings. The number of rotatable bonds is 5. The average Bonchev–Trinajstić information content (AvgIpc) is 2.97. The van der Waals surface area contributed by atoms with Gasteiger partial charge in [0, 0.05) is 28.5 Å². The van der Waals surface area contributed by atoms with Gasteiger partial charge in [0.1, 0.15) is 6.61 Å². The molecule has 3 nitrogen and oxygen atoms in total. The summed E-state index contributed by atoms with van der Waals surface area (Å²) in [6.07, 6.45) is 5.27. The molecule has 2 rings (SSSR count). The second-order valence-electron chi connectivity index (χ2n) is 4.48. The van der Waals surface area contributed by atoms with E-state index < -0.39 is 0 Å². The Morgan fingerprint density at radius 1 is 1.50 bits per heavy atom. The molecule has 104 valence electrons. The minimum absolute atomic E-state index is 0.221. The van der Waals surface area contributed by atoms with Crippen LogP contribution in [0.5, 0.6) is 0 Å². The fourth-order valence-corrected chi connectivity index (χ4v) is 2.23. The summed E-state index contributed by atoms with van der Waals surface area (Å²) in [6.45, 7) is 5.54. The van der Waals surface area contributed by atoms with E-state index >= 15 is 0 Å². The van der Waals surface area contributed by atoms with Crippen LogP contribution in [0.1, 0.15) is 18.4 Å². The van der Waals surface area contributed by atoms with E-state index in [1.807, 2.05) is 36.7 Å². The molecule has 2 aromatic rings. The predicted molar refractivity (Wildman–Crippen MR) is 80.8 cm³/mol. The van der Waals surface area contributed by atoms with Crippen molar-refractivity contribution in [2.45, 2.75) is 12.8 Å². The lowest BCUT2D eigenvalue weighted by Gasteiger charge is -2.12. The van der Waals surface area contributed by atoms with Gasteiger partial charge in [0.15, 0.2) is 0 Å². The van der Waals surface area contributed by atoms with Gasteiger partial charge in [-0.05, 0) is 24.6 Å². The Morgan fingerprint density at radius 3 is 2.90 bits per heavy atom. The highest BCUT2D eigenvalue weighted by Gasteiger charge is 2.17. The molecule has 1 aromatic heterocycles. The van der Waals surface area contributed by atoms with Crippen LogP contribution in [-0.4, -0.2) is 17.6 Å². The maximum atomic E-state index is 11.8. The van der Waals surface area contributed by atoms with Crippen LogP contribution in [0.15, 0.2) is 49.3 Å². The molecule has 20 heavy (non-hydrogen) atoms. The number of ether oxygens (including phenoxy) is 1. The van der Waals surface area contributed by atoms with Crippen molar-refractivity contribution in [3.63, 3.8) is 0 Å². The fourth-order valence-electron chi connectivity index (χ4n) is 1.93. The largest absolute Gasteiger partial charge is 0.461 e. The van der Waals surface area contributed by atoms with Crippen molar-refractivity contribution < 1.29 is 9.53 Å². The summed E-state index contributed by atoms with van der Waals surface area (Å²) in [5.41, 5.74) is 2.79. The summed E-state index contributed by atoms with van der Waals surface area (Å²) in [5, 5.41) is 0.616. The molecule has 1 heterocycles. The number of hydrogen-bond acceptors (Lipinski definition) is 2. The van der Waals surface area contributed by atoms with E-state index in [0.29, 0.717) is 5.02 Å². The van der Waals surface area contributed by atoms with Crippen molar-refractivity contribution in [1.82, 2.24) is 4.98 Å². The van der Waals surface area contributed by atoms with Crippen LogP contribution in [0, 0.1) is 0 Å². The van der Waals surface area contributed by atoms with Crippen LogP contribution in [0.2, 0.25) is 5.02 Å². The van der Waals surface area contributed by atoms with E-state index in [4.69, 9.17) is 16.3 Å². The number of esters is 1. The molecule has 0 radical (unpaired) electrons. The first-order valence-corrected chi connectivity index (χ1v) is 6.71. The molecule has 0 spiro atoms. The first-order valence-electron chi connectivity index (χ1n) is 6.33. The standard InChI is InChI=1S/C16H16ClNO2/c1-3-8-20-16(19)11(2)12-4-5-14(15(17)9-12)13-6-7-18-10-13/h3-7,9-11,18H,1,8H2,2H3. The SMILES string of the molecule is C=CCOC(=O)C(C)c1ccc(-c2cc[nH]c2)c(Cl)c1. The number of H-pyrrole nitrogens is 1. The lowest BCUT2D eigenvalue weighted by atomic mass is 9.98. The molecule has 0 bridgehead atoms. The quantitative estimate of drug-likeness (QED) is 0.663. The minimum Gasteiger partial charge on any atom is -0.461 e. The number of halogens is 1. The molecule has 4 heteroatoms. The maximum Gasteiger partial charge on any atom is 0.313 e. The van der Waals surface area contributed by atoms with Gasteiger partial charge in [-0.3, -0.25) is 4.79 Å². The lowest BCUT2D eigenvalue weighted by molar-refractivity contribution is -0.143. The minimum atomic E-state index is -0.354. The molecule has 0 aliphatic heterocycles. The number of aromatic nitrogens is 1. The van der Waals surface area contributed by atoms with Gasteiger partial charge in [0.2, 0.25) is 0 Å². The fraction of sp³-hybridized carbons (Fsp3) is 0.188. The third kappa shape index (κ3) is 3.11. The van der Waals surface area contributed by atoms with Crippen molar-refractivity contribution in [2.24, 2.45) is 0 Å². The van der Waals surface area contributed by atoms with E-state index in [1.54, 1.807) is 13.0 Å². The van der Waals surface area contributed by atoms with E-state index in [-0.39, 0.29) is 18.5 Å². The summed E-state index contributed by atoms with van der Waals surface area (Å²) in [7, 11) is 0. The molecule has 1 atom stereocenters. The number of benzene rings is 1. The molecule has 1 unspecified atom stereocenters. The van der Waals surface area contributed by atoms with Crippen molar-refractivity contribution in [3.05, 3.63) is 59.9 Å². The summed E-state index contributed by atoms with van der Waals surface area (Å²) in [4.78, 5) is 14.8. The van der Waals surface area contributed by atoms with Gasteiger partial charge in [-0.2, -0.15) is 0 Å². The number of aromatic amines is 1. The van der Waals surface area contributed by atoms with Crippen LogP contribution in [-0.2, 0) is 9.53 Å². The van der Waals surface area contributed by atoms with E-state index in [0.717, 1.165) is 16.7 Å². The van der Waals surface area contributed by atoms with Crippen molar-refractivity contribution in [3.8, 4) is 11.1 Å². The Kier molecular flexibility index (Phi) is 4.64. The molecule has 1 aromatic carbocycles. The Hall–Kier alpha value is -2.00. The van der Waals surface area contributed by atoms with Crippen LogP contribution >= 0.6 is 11.6 Å². The van der Waals surface area contributed by atoms with Crippen LogP contribution in [0.4, 0.5) is 0 Å². The van der Waals surface area contributed by atoms with Crippen molar-refractivity contribution in [1.29, 1.82) is 0 Å². The van der Waals surface area contributed by atoms with Gasteiger partial charge in [-0.1, -0.05) is 36.4 Å². The number of hydrogen-bond donors (Lipinski definition) is 1. The van der Waals surface area contributed by atoms with Gasteiger partial charge in [0.05, 0.1) is 5.92 Å². The highest BCUT2D eigenvalue weighted by atomic mass is 35.5. The van der Waals surface area contributed by atoms with Crippen molar-refractivity contribution in [2.75, 3.05) is 6.61 Å². The first kappa shape index (κ1) is 14.4. The predicted octanol–water partition coefficient (Wildman–Crippen LogP) is 4.17. The monoisotopic (exact) mass is 289 g/mol. The third-order valence-corrected chi connectivity index (χ3v) is 3.41. The van der Waals surface area contributed by atoms with Gasteiger partial charge in [-0.25, -0.2) is 0 Å². The summed E-state index contributed by atoms with van der Waals surface area (Å²) in [5.74, 6) is -0.636. The Balaban J connectivity index is 2.20. The molecular formula is C16H16ClNO2. The van der Waals surface area contributed by atoms with Gasteiger partial charge < -0.3 is 9.72 Å². The Labute approximate surface area is 123 Å². The zero-order chi connectivity index (χ0) is 14.5. The normalized spacial score (nSPS) is 11.9. The van der Waals surface area contributed by atoms with E-state index in [2.05, 4.69) is 11.6 Å². The Bertz CT molecular complexity index is 605. The van der Waals surface area contributed by atoms with E-state index in [9.17, 15) is 4.79 Å². The van der Waals surface area contributed by atoms with Gasteiger partial charge in [-0.15, -0.1) is 0 Å². The molecule has 0 amide bonds. The van der Waals surface area contributed by atoms with Crippen LogP contribution < -0.4 is 0 Å². The van der Waals surface area contributed by atoms with Crippen LogP contribution in [0.3, 0.4) is 0 Å². The second kappa shape index (κ2) is 6.44. The maximum absolute atomic E-state index is 11.8. The average molecular weight is 290 g/mol. The zero-order valence-corrected chi connectivity index (χ0v) is 12.0. The number of nitrogens with one attached hydrogen (secondary N) is 1. The van der Waals surface area contributed by atoms with Gasteiger partial charge >= 0.3 is 5.97 Å². The summed E-state index contributed by atoms with van der Waals surface area (Å²) < 4.78 is 5.04. The smallest absolute Gasteiger partial charge is 0.313 e. The topological polar surface area (TPSA) is 42.1 Å². The molecular weight excluding hydrogens is 274 g/mol. The summed E-state index contributed by atoms with van der Waals surface area (Å²) in [6, 6.07) is 7.57. The number of carbonyl (C=O) groups is 1. The van der Waals surface area contributed by atoms with Crippen molar-refractivity contribution >= 4 is 17.6 Å². The highest BCUT2D eigenvalue weighted by molar-refractivity contribution is 6.33. The lowest BCUT2D eigenvalue weighted by Crippen LogP contribution is -2.13. The third-order valence-electron chi connectivity index (χ3n) is 3.10. The first-order chi connectivity index (χ1) is 9.63. The number of carbonyl (C=O) groups excluding carboxylic acids is 1. The second-order valence-corrected chi connectivity index (χ2v) is 4.89. The molecule has 0 aliphatic carbocycles. The zero-order valence-electron chi connectivity index (χ0n) is 11.2. The molecule has 0 saturated heterocycles. The molecule has 0 aliphatic rings. The molecule has 1 N–H and O–H groups in total. The summed E-state index contributed by atoms with van der Waals surface area (Å²) >= 11 is 6.29. The van der Waals surface area contributed by atoms with Crippen LogP contribution in [0.25, 0.3) is 11.1 Å². The van der Waals surface area contributed by atoms with E-state index in [1.165, 1.54) is 0 Å². The van der Waals surface area contributed by atoms with Gasteiger partial charge in [0.25, 0.3) is 0 Å². The molecule has 0 saturated carbocycles.